The molecular weight excluding hydrogens is 194 g/mol. The van der Waals surface area contributed by atoms with E-state index in [1.807, 2.05) is 0 Å². The first-order chi connectivity index (χ1) is 7.22. The first-order valence-corrected chi connectivity index (χ1v) is 4.62. The topological polar surface area (TPSA) is 69.6 Å². The number of aromatic nitrogens is 2. The Labute approximate surface area is 86.5 Å². The fourth-order valence-electron chi connectivity index (χ4n) is 1.34. The molecule has 2 aromatic rings. The van der Waals surface area contributed by atoms with Crippen molar-refractivity contribution in [1.29, 1.82) is 0 Å². The first-order valence-electron chi connectivity index (χ1n) is 4.62. The number of anilines is 1. The number of carbonyl (C=O) groups excluding carboxylic acids is 1. The minimum absolute atomic E-state index is 0.346. The molecule has 15 heavy (non-hydrogen) atoms. The lowest BCUT2D eigenvalue weighted by Gasteiger charge is -2.02. The van der Waals surface area contributed by atoms with E-state index in [9.17, 15) is 4.79 Å². The SMILES string of the molecule is CCOC(=O)c1ccn2c(N)cnc2c1. The molecule has 0 unspecified atom stereocenters. The number of hydrogen-bond donors (Lipinski definition) is 1. The largest absolute Gasteiger partial charge is 0.462 e. The van der Waals surface area contributed by atoms with Gasteiger partial charge in [-0.2, -0.15) is 0 Å². The molecule has 0 atom stereocenters. The Morgan fingerprint density at radius 3 is 3.20 bits per heavy atom. The summed E-state index contributed by atoms with van der Waals surface area (Å²) < 4.78 is 6.57. The zero-order valence-electron chi connectivity index (χ0n) is 8.30. The summed E-state index contributed by atoms with van der Waals surface area (Å²) in [6.45, 7) is 2.13. The molecule has 0 aliphatic carbocycles. The number of pyridine rings is 1. The molecule has 2 heterocycles. The van der Waals surface area contributed by atoms with E-state index in [0.29, 0.717) is 23.6 Å². The second-order valence-electron chi connectivity index (χ2n) is 3.05. The van der Waals surface area contributed by atoms with Gasteiger partial charge in [-0.3, -0.25) is 4.40 Å². The number of ether oxygens (including phenoxy) is 1. The van der Waals surface area contributed by atoms with Gasteiger partial charge < -0.3 is 10.5 Å². The standard InChI is InChI=1S/C10H11N3O2/c1-2-15-10(14)7-3-4-13-8(11)6-12-9(13)5-7/h3-6H,2,11H2,1H3. The number of esters is 1. The van der Waals surface area contributed by atoms with Crippen LogP contribution in [0.4, 0.5) is 5.82 Å². The summed E-state index contributed by atoms with van der Waals surface area (Å²) in [5, 5.41) is 0. The summed E-state index contributed by atoms with van der Waals surface area (Å²) in [5.74, 6) is 0.196. The smallest absolute Gasteiger partial charge is 0.338 e. The molecular formula is C10H11N3O2. The van der Waals surface area contributed by atoms with Crippen molar-refractivity contribution in [2.45, 2.75) is 6.92 Å². The Hall–Kier alpha value is -2.04. The van der Waals surface area contributed by atoms with Gasteiger partial charge in [-0.1, -0.05) is 0 Å². The van der Waals surface area contributed by atoms with E-state index in [2.05, 4.69) is 4.98 Å². The lowest BCUT2D eigenvalue weighted by atomic mass is 10.3. The molecule has 0 aliphatic rings. The van der Waals surface area contributed by atoms with Gasteiger partial charge in [0.25, 0.3) is 0 Å². The lowest BCUT2D eigenvalue weighted by Crippen LogP contribution is -2.05. The van der Waals surface area contributed by atoms with Crippen molar-refractivity contribution in [3.05, 3.63) is 30.1 Å². The summed E-state index contributed by atoms with van der Waals surface area (Å²) in [4.78, 5) is 15.5. The highest BCUT2D eigenvalue weighted by Crippen LogP contribution is 2.11. The molecule has 78 valence electrons. The van der Waals surface area contributed by atoms with Crippen molar-refractivity contribution < 1.29 is 9.53 Å². The van der Waals surface area contributed by atoms with E-state index in [1.54, 1.807) is 35.9 Å². The zero-order chi connectivity index (χ0) is 10.8. The van der Waals surface area contributed by atoms with Crippen molar-refractivity contribution in [2.24, 2.45) is 0 Å². The van der Waals surface area contributed by atoms with E-state index in [0.717, 1.165) is 0 Å². The van der Waals surface area contributed by atoms with Gasteiger partial charge >= 0.3 is 5.97 Å². The predicted octanol–water partition coefficient (Wildman–Crippen LogP) is 1.09. The Morgan fingerprint density at radius 1 is 1.67 bits per heavy atom. The Bertz CT molecular complexity index is 504. The summed E-state index contributed by atoms with van der Waals surface area (Å²) in [6, 6.07) is 3.30. The van der Waals surface area contributed by atoms with Crippen LogP contribution >= 0.6 is 0 Å². The molecule has 5 nitrogen and oxygen atoms in total. The Kier molecular flexibility index (Phi) is 2.29. The second-order valence-corrected chi connectivity index (χ2v) is 3.05. The highest BCUT2D eigenvalue weighted by molar-refractivity contribution is 5.90. The minimum Gasteiger partial charge on any atom is -0.462 e. The van der Waals surface area contributed by atoms with E-state index < -0.39 is 0 Å². The molecule has 0 aromatic carbocycles. The van der Waals surface area contributed by atoms with Crippen LogP contribution < -0.4 is 5.73 Å². The van der Waals surface area contributed by atoms with Crippen LogP contribution in [-0.4, -0.2) is 22.0 Å². The van der Waals surface area contributed by atoms with Crippen LogP contribution in [0.1, 0.15) is 17.3 Å². The summed E-state index contributed by atoms with van der Waals surface area (Å²) in [6.07, 6.45) is 3.24. The number of carbonyl (C=O) groups is 1. The van der Waals surface area contributed by atoms with Crippen LogP contribution in [0.25, 0.3) is 5.65 Å². The molecule has 2 aromatic heterocycles. The number of imidazole rings is 1. The molecule has 0 bridgehead atoms. The van der Waals surface area contributed by atoms with Gasteiger partial charge in [0.2, 0.25) is 0 Å². The maximum absolute atomic E-state index is 11.4. The third-order valence-electron chi connectivity index (χ3n) is 2.05. The lowest BCUT2D eigenvalue weighted by molar-refractivity contribution is 0.0526. The number of hydrogen-bond acceptors (Lipinski definition) is 4. The van der Waals surface area contributed by atoms with Gasteiger partial charge in [0, 0.05) is 6.20 Å². The van der Waals surface area contributed by atoms with Crippen molar-refractivity contribution in [3.63, 3.8) is 0 Å². The highest BCUT2D eigenvalue weighted by Gasteiger charge is 2.08. The normalized spacial score (nSPS) is 10.5. The van der Waals surface area contributed by atoms with Crippen molar-refractivity contribution in [3.8, 4) is 0 Å². The van der Waals surface area contributed by atoms with Crippen molar-refractivity contribution in [1.82, 2.24) is 9.38 Å². The van der Waals surface area contributed by atoms with E-state index in [-0.39, 0.29) is 5.97 Å². The molecule has 0 amide bonds. The maximum Gasteiger partial charge on any atom is 0.338 e. The predicted molar refractivity (Wildman–Crippen MR) is 55.6 cm³/mol. The number of fused-ring (bicyclic) bond motifs is 1. The van der Waals surface area contributed by atoms with E-state index >= 15 is 0 Å². The highest BCUT2D eigenvalue weighted by atomic mass is 16.5. The van der Waals surface area contributed by atoms with Gasteiger partial charge in [-0.15, -0.1) is 0 Å². The Balaban J connectivity index is 2.43. The Morgan fingerprint density at radius 2 is 2.47 bits per heavy atom. The molecule has 0 radical (unpaired) electrons. The van der Waals surface area contributed by atoms with Crippen LogP contribution in [0.2, 0.25) is 0 Å². The molecule has 2 N–H and O–H groups in total. The van der Waals surface area contributed by atoms with Crippen LogP contribution in [0.5, 0.6) is 0 Å². The first kappa shape index (κ1) is 9.51. The van der Waals surface area contributed by atoms with Crippen LogP contribution in [0, 0.1) is 0 Å². The number of nitrogens with zero attached hydrogens (tertiary/aromatic N) is 2. The molecule has 0 aliphatic heterocycles. The maximum atomic E-state index is 11.4. The molecule has 5 heteroatoms. The van der Waals surface area contributed by atoms with Crippen LogP contribution in [-0.2, 0) is 4.74 Å². The van der Waals surface area contributed by atoms with E-state index in [1.165, 1.54) is 0 Å². The molecule has 0 saturated carbocycles. The third kappa shape index (κ3) is 1.63. The van der Waals surface area contributed by atoms with Crippen LogP contribution in [0.15, 0.2) is 24.5 Å². The van der Waals surface area contributed by atoms with Gasteiger partial charge in [0.1, 0.15) is 11.5 Å². The third-order valence-corrected chi connectivity index (χ3v) is 2.05. The minimum atomic E-state index is -0.346. The quantitative estimate of drug-likeness (QED) is 0.745. The van der Waals surface area contributed by atoms with Gasteiger partial charge in [0.05, 0.1) is 18.4 Å². The monoisotopic (exact) mass is 205 g/mol. The van der Waals surface area contributed by atoms with Crippen LogP contribution in [0.3, 0.4) is 0 Å². The number of rotatable bonds is 2. The fourth-order valence-corrected chi connectivity index (χ4v) is 1.34. The van der Waals surface area contributed by atoms with Gasteiger partial charge in [-0.05, 0) is 19.1 Å². The second kappa shape index (κ2) is 3.61. The summed E-state index contributed by atoms with van der Waals surface area (Å²) in [7, 11) is 0. The number of nitrogen functional groups attached to an aromatic ring is 1. The average Bonchev–Trinajstić information content (AvgIpc) is 2.60. The van der Waals surface area contributed by atoms with Crippen molar-refractivity contribution >= 4 is 17.4 Å². The van der Waals surface area contributed by atoms with Gasteiger partial charge in [0.15, 0.2) is 0 Å². The summed E-state index contributed by atoms with van der Waals surface area (Å²) in [5.41, 5.74) is 6.76. The number of nitrogens with two attached hydrogens (primary N) is 1. The molecule has 0 spiro atoms. The zero-order valence-corrected chi connectivity index (χ0v) is 8.30. The molecule has 0 saturated heterocycles. The molecule has 2 rings (SSSR count). The molecule has 0 fully saturated rings. The van der Waals surface area contributed by atoms with Gasteiger partial charge in [-0.25, -0.2) is 9.78 Å². The van der Waals surface area contributed by atoms with Crippen molar-refractivity contribution in [2.75, 3.05) is 12.3 Å². The van der Waals surface area contributed by atoms with E-state index in [4.69, 9.17) is 10.5 Å². The fraction of sp³-hybridized carbons (Fsp3) is 0.200. The summed E-state index contributed by atoms with van der Waals surface area (Å²) >= 11 is 0. The average molecular weight is 205 g/mol.